The van der Waals surface area contributed by atoms with Gasteiger partial charge in [0.15, 0.2) is 5.78 Å². The van der Waals surface area contributed by atoms with Gasteiger partial charge in [0, 0.05) is 39.7 Å². The van der Waals surface area contributed by atoms with E-state index in [0.29, 0.717) is 29.1 Å². The van der Waals surface area contributed by atoms with E-state index in [4.69, 9.17) is 11.6 Å². The molecule has 2 nitrogen and oxygen atoms in total. The third kappa shape index (κ3) is 3.02. The van der Waals surface area contributed by atoms with E-state index in [1.165, 1.54) is 6.07 Å². The topological polar surface area (TPSA) is 22.0 Å². The molecule has 0 saturated carbocycles. The molecule has 0 saturated heterocycles. The van der Waals surface area contributed by atoms with Gasteiger partial charge in [0.25, 0.3) is 0 Å². The van der Waals surface area contributed by atoms with Gasteiger partial charge in [0.1, 0.15) is 5.82 Å². The van der Waals surface area contributed by atoms with Crippen LogP contribution in [0.3, 0.4) is 0 Å². The molecular weight excluding hydrogens is 313 g/mol. The van der Waals surface area contributed by atoms with Crippen LogP contribution in [0.5, 0.6) is 0 Å². The summed E-state index contributed by atoms with van der Waals surface area (Å²) in [6.45, 7) is 2.28. The number of benzene rings is 2. The number of Topliss-reactive ketones (excluding diaryl/α,β-unsaturated/α-hetero) is 1. The third-order valence-corrected chi connectivity index (χ3v) is 4.31. The summed E-state index contributed by atoms with van der Waals surface area (Å²) in [5.41, 5.74) is 2.03. The molecule has 0 unspecified atom stereocenters. The van der Waals surface area contributed by atoms with Gasteiger partial charge in [0.05, 0.1) is 6.54 Å². The van der Waals surface area contributed by atoms with Gasteiger partial charge in [-0.05, 0) is 24.6 Å². The smallest absolute Gasteiger partial charge is 0.165 e. The summed E-state index contributed by atoms with van der Waals surface area (Å²) in [5.74, 6) is -0.223. The molecule has 2 aromatic carbocycles. The van der Waals surface area contributed by atoms with Crippen molar-refractivity contribution in [2.45, 2.75) is 26.3 Å². The van der Waals surface area contributed by atoms with Gasteiger partial charge in [-0.15, -0.1) is 0 Å². The lowest BCUT2D eigenvalue weighted by Crippen LogP contribution is -2.02. The largest absolute Gasteiger partial charge is 0.342 e. The van der Waals surface area contributed by atoms with Crippen molar-refractivity contribution >= 4 is 28.3 Å². The number of halogens is 2. The highest BCUT2D eigenvalue weighted by atomic mass is 35.5. The fourth-order valence-electron chi connectivity index (χ4n) is 2.82. The first-order valence-corrected chi connectivity index (χ1v) is 8.03. The Hall–Kier alpha value is -2.13. The van der Waals surface area contributed by atoms with Crippen molar-refractivity contribution in [1.29, 1.82) is 0 Å². The number of nitrogens with zero attached hydrogens (tertiary/aromatic N) is 1. The van der Waals surface area contributed by atoms with Crippen molar-refractivity contribution in [3.05, 3.63) is 70.6 Å². The van der Waals surface area contributed by atoms with Gasteiger partial charge < -0.3 is 4.57 Å². The Balaban J connectivity index is 2.10. The molecule has 0 aliphatic carbocycles. The van der Waals surface area contributed by atoms with E-state index in [2.05, 4.69) is 0 Å². The van der Waals surface area contributed by atoms with Gasteiger partial charge in [-0.25, -0.2) is 4.39 Å². The third-order valence-electron chi connectivity index (χ3n) is 3.96. The molecule has 3 rings (SSSR count). The summed E-state index contributed by atoms with van der Waals surface area (Å²) in [6, 6.07) is 12.3. The van der Waals surface area contributed by atoms with Crippen LogP contribution in [0.4, 0.5) is 4.39 Å². The zero-order valence-electron chi connectivity index (χ0n) is 12.9. The van der Waals surface area contributed by atoms with E-state index in [0.717, 1.165) is 17.3 Å². The molecule has 0 aliphatic rings. The first kappa shape index (κ1) is 15.8. The predicted molar refractivity (Wildman–Crippen MR) is 91.7 cm³/mol. The average molecular weight is 330 g/mol. The molecule has 3 aromatic rings. The maximum Gasteiger partial charge on any atom is 0.165 e. The van der Waals surface area contributed by atoms with Crippen LogP contribution >= 0.6 is 11.6 Å². The van der Waals surface area contributed by atoms with E-state index in [9.17, 15) is 9.18 Å². The molecule has 118 valence electrons. The molecule has 4 heteroatoms. The van der Waals surface area contributed by atoms with Gasteiger partial charge in [-0.1, -0.05) is 42.8 Å². The van der Waals surface area contributed by atoms with Crippen molar-refractivity contribution in [3.8, 4) is 0 Å². The second-order valence-corrected chi connectivity index (χ2v) is 5.97. The van der Waals surface area contributed by atoms with Crippen LogP contribution in [0.2, 0.25) is 5.02 Å². The highest BCUT2D eigenvalue weighted by Crippen LogP contribution is 2.26. The van der Waals surface area contributed by atoms with Gasteiger partial charge >= 0.3 is 0 Å². The van der Waals surface area contributed by atoms with Crippen LogP contribution in [0.1, 0.15) is 35.7 Å². The number of carbonyl (C=O) groups is 1. The number of aromatic nitrogens is 1. The van der Waals surface area contributed by atoms with Crippen LogP contribution in [-0.4, -0.2) is 10.4 Å². The molecule has 0 N–H and O–H groups in total. The van der Waals surface area contributed by atoms with Gasteiger partial charge in [0.2, 0.25) is 0 Å². The number of fused-ring (bicyclic) bond motifs is 1. The maximum atomic E-state index is 14.1. The van der Waals surface area contributed by atoms with Crippen molar-refractivity contribution in [1.82, 2.24) is 4.57 Å². The summed E-state index contributed by atoms with van der Waals surface area (Å²) in [7, 11) is 0. The van der Waals surface area contributed by atoms with Crippen LogP contribution in [0, 0.1) is 5.82 Å². The van der Waals surface area contributed by atoms with Gasteiger partial charge in [-0.2, -0.15) is 0 Å². The molecule has 0 aliphatic heterocycles. The van der Waals surface area contributed by atoms with E-state index in [1.54, 1.807) is 12.1 Å². The number of hydrogen-bond donors (Lipinski definition) is 0. The summed E-state index contributed by atoms with van der Waals surface area (Å²) in [4.78, 5) is 12.3. The fourth-order valence-corrected chi connectivity index (χ4v) is 3.04. The summed E-state index contributed by atoms with van der Waals surface area (Å²) in [5, 5.41) is 1.29. The Morgan fingerprint density at radius 2 is 1.96 bits per heavy atom. The number of ketones is 1. The van der Waals surface area contributed by atoms with E-state index in [-0.39, 0.29) is 11.6 Å². The molecule has 0 fully saturated rings. The fraction of sp³-hybridized carbons (Fsp3) is 0.211. The molecule has 0 spiro atoms. The van der Waals surface area contributed by atoms with E-state index >= 15 is 0 Å². The predicted octanol–water partition coefficient (Wildman–Crippen LogP) is 5.46. The Kier molecular flexibility index (Phi) is 4.49. The van der Waals surface area contributed by atoms with Gasteiger partial charge in [-0.3, -0.25) is 4.79 Å². The highest BCUT2D eigenvalue weighted by molar-refractivity contribution is 6.31. The minimum atomic E-state index is -0.336. The Morgan fingerprint density at radius 1 is 1.17 bits per heavy atom. The molecule has 0 radical (unpaired) electrons. The first-order chi connectivity index (χ1) is 11.1. The van der Waals surface area contributed by atoms with Crippen LogP contribution in [0.15, 0.2) is 48.7 Å². The number of para-hydroxylation sites is 1. The number of carbonyl (C=O) groups excluding carboxylic acids is 1. The first-order valence-electron chi connectivity index (χ1n) is 7.65. The minimum absolute atomic E-state index is 0.113. The highest BCUT2D eigenvalue weighted by Gasteiger charge is 2.16. The van der Waals surface area contributed by atoms with Crippen molar-refractivity contribution < 1.29 is 9.18 Å². The Morgan fingerprint density at radius 3 is 2.70 bits per heavy atom. The molecule has 0 atom stereocenters. The monoisotopic (exact) mass is 329 g/mol. The van der Waals surface area contributed by atoms with E-state index < -0.39 is 0 Å². The molecule has 0 amide bonds. The standard InChI is InChI=1S/C19H17ClFNO/c1-2-6-19(23)14-11-22(18-10-4-3-7-13(14)18)12-15-16(20)8-5-9-17(15)21/h3-5,7-11H,2,6,12H2,1H3. The lowest BCUT2D eigenvalue weighted by atomic mass is 10.1. The van der Waals surface area contributed by atoms with E-state index in [1.807, 2.05) is 42.0 Å². The lowest BCUT2D eigenvalue weighted by Gasteiger charge is -2.08. The molecule has 0 bridgehead atoms. The molecule has 1 aromatic heterocycles. The minimum Gasteiger partial charge on any atom is -0.342 e. The maximum absolute atomic E-state index is 14.1. The zero-order chi connectivity index (χ0) is 16.4. The number of hydrogen-bond acceptors (Lipinski definition) is 1. The van der Waals surface area contributed by atoms with Crippen LogP contribution < -0.4 is 0 Å². The summed E-state index contributed by atoms with van der Waals surface area (Å²) >= 11 is 6.13. The Bertz CT molecular complexity index is 849. The zero-order valence-corrected chi connectivity index (χ0v) is 13.6. The molecular formula is C19H17ClFNO. The quantitative estimate of drug-likeness (QED) is 0.569. The molecule has 1 heterocycles. The SMILES string of the molecule is CCCC(=O)c1cn(Cc2c(F)cccc2Cl)c2ccccc12. The Labute approximate surface area is 139 Å². The second kappa shape index (κ2) is 6.55. The van der Waals surface area contributed by atoms with Crippen molar-refractivity contribution in [2.24, 2.45) is 0 Å². The summed E-state index contributed by atoms with van der Waals surface area (Å²) < 4.78 is 15.9. The van der Waals surface area contributed by atoms with Crippen LogP contribution in [0.25, 0.3) is 10.9 Å². The lowest BCUT2D eigenvalue weighted by molar-refractivity contribution is 0.0983. The second-order valence-electron chi connectivity index (χ2n) is 5.56. The normalized spacial score (nSPS) is 11.1. The van der Waals surface area contributed by atoms with Crippen molar-refractivity contribution in [3.63, 3.8) is 0 Å². The average Bonchev–Trinajstić information content (AvgIpc) is 2.90. The summed E-state index contributed by atoms with van der Waals surface area (Å²) in [6.07, 6.45) is 3.12. The molecule has 23 heavy (non-hydrogen) atoms. The van der Waals surface area contributed by atoms with Crippen molar-refractivity contribution in [2.75, 3.05) is 0 Å². The van der Waals surface area contributed by atoms with Crippen LogP contribution in [-0.2, 0) is 6.54 Å². The number of rotatable bonds is 5.